The Bertz CT molecular complexity index is 671. The highest BCUT2D eigenvalue weighted by Gasteiger charge is 2.08. The van der Waals surface area contributed by atoms with Crippen LogP contribution in [0.25, 0.3) is 0 Å². The van der Waals surface area contributed by atoms with Crippen LogP contribution < -0.4 is 5.73 Å². The molecule has 0 spiro atoms. The zero-order valence-corrected chi connectivity index (χ0v) is 13.6. The minimum atomic E-state index is 0.106. The number of nitrogens with two attached hydrogens (primary N) is 1. The molecule has 0 radical (unpaired) electrons. The molecule has 0 saturated carbocycles. The average Bonchev–Trinajstić information content (AvgIpc) is 2.44. The molecule has 0 atom stereocenters. The van der Waals surface area contributed by atoms with E-state index in [4.69, 9.17) is 10.9 Å². The molecular formula is C15H15BrN2OS. The van der Waals surface area contributed by atoms with Gasteiger partial charge >= 0.3 is 0 Å². The second-order valence-electron chi connectivity index (χ2n) is 4.50. The number of halogens is 1. The molecule has 2 aromatic carbocycles. The summed E-state index contributed by atoms with van der Waals surface area (Å²) in [5.41, 5.74) is 8.75. The van der Waals surface area contributed by atoms with Crippen LogP contribution in [-0.4, -0.2) is 11.0 Å². The highest BCUT2D eigenvalue weighted by atomic mass is 79.9. The number of aryl methyl sites for hydroxylation is 2. The Labute approximate surface area is 131 Å². The van der Waals surface area contributed by atoms with Crippen molar-refractivity contribution < 1.29 is 5.21 Å². The van der Waals surface area contributed by atoms with Crippen LogP contribution >= 0.6 is 27.7 Å². The van der Waals surface area contributed by atoms with Crippen LogP contribution in [0.1, 0.15) is 16.7 Å². The van der Waals surface area contributed by atoms with Crippen LogP contribution in [0.2, 0.25) is 0 Å². The number of nitrogens with zero attached hydrogens (tertiary/aromatic N) is 1. The predicted molar refractivity (Wildman–Crippen MR) is 86.7 cm³/mol. The average molecular weight is 351 g/mol. The highest BCUT2D eigenvalue weighted by molar-refractivity contribution is 9.10. The molecule has 0 amide bonds. The molecule has 0 unspecified atom stereocenters. The van der Waals surface area contributed by atoms with Gasteiger partial charge in [-0.2, -0.15) is 0 Å². The summed E-state index contributed by atoms with van der Waals surface area (Å²) in [6.07, 6.45) is 0. The molecule has 0 fully saturated rings. The van der Waals surface area contributed by atoms with Gasteiger partial charge in [-0.05, 0) is 65.2 Å². The van der Waals surface area contributed by atoms with Crippen molar-refractivity contribution in [2.24, 2.45) is 10.9 Å². The largest absolute Gasteiger partial charge is 0.409 e. The number of oxime groups is 1. The lowest BCUT2D eigenvalue weighted by atomic mass is 10.2. The Kier molecular flexibility index (Phi) is 4.73. The molecule has 2 rings (SSSR count). The Morgan fingerprint density at radius 1 is 1.15 bits per heavy atom. The topological polar surface area (TPSA) is 58.6 Å². The molecule has 20 heavy (non-hydrogen) atoms. The van der Waals surface area contributed by atoms with E-state index in [-0.39, 0.29) is 5.84 Å². The maximum atomic E-state index is 8.69. The van der Waals surface area contributed by atoms with Crippen molar-refractivity contribution in [1.82, 2.24) is 0 Å². The molecule has 0 aliphatic heterocycles. The zero-order valence-electron chi connectivity index (χ0n) is 11.2. The molecule has 0 aliphatic carbocycles. The number of amidine groups is 1. The summed E-state index contributed by atoms with van der Waals surface area (Å²) in [4.78, 5) is 2.32. The number of rotatable bonds is 3. The summed E-state index contributed by atoms with van der Waals surface area (Å²) in [6.45, 7) is 4.18. The fraction of sp³-hybridized carbons (Fsp3) is 0.133. The van der Waals surface area contributed by atoms with Crippen LogP contribution in [0.5, 0.6) is 0 Å². The number of benzene rings is 2. The summed E-state index contributed by atoms with van der Waals surface area (Å²) in [7, 11) is 0. The van der Waals surface area contributed by atoms with Gasteiger partial charge in [0.25, 0.3) is 0 Å². The van der Waals surface area contributed by atoms with E-state index < -0.39 is 0 Å². The molecule has 0 bridgehead atoms. The molecule has 104 valence electrons. The van der Waals surface area contributed by atoms with E-state index in [1.165, 1.54) is 16.0 Å². The van der Waals surface area contributed by atoms with Gasteiger partial charge in [0.2, 0.25) is 0 Å². The number of hydrogen-bond acceptors (Lipinski definition) is 3. The Morgan fingerprint density at radius 2 is 1.90 bits per heavy atom. The van der Waals surface area contributed by atoms with Crippen molar-refractivity contribution in [3.05, 3.63) is 57.6 Å². The molecule has 0 aliphatic rings. The van der Waals surface area contributed by atoms with Gasteiger partial charge < -0.3 is 10.9 Å². The van der Waals surface area contributed by atoms with E-state index in [0.717, 1.165) is 9.37 Å². The van der Waals surface area contributed by atoms with Gasteiger partial charge in [0.05, 0.1) is 0 Å². The van der Waals surface area contributed by atoms with Crippen LogP contribution in [-0.2, 0) is 0 Å². The minimum Gasteiger partial charge on any atom is -0.409 e. The molecule has 0 aromatic heterocycles. The van der Waals surface area contributed by atoms with Crippen molar-refractivity contribution in [1.29, 1.82) is 0 Å². The molecular weight excluding hydrogens is 336 g/mol. The van der Waals surface area contributed by atoms with Gasteiger partial charge in [0.15, 0.2) is 5.84 Å². The maximum Gasteiger partial charge on any atom is 0.170 e. The third-order valence-electron chi connectivity index (χ3n) is 2.90. The van der Waals surface area contributed by atoms with Crippen LogP contribution in [0, 0.1) is 13.8 Å². The van der Waals surface area contributed by atoms with Gasteiger partial charge in [-0.25, -0.2) is 0 Å². The summed E-state index contributed by atoms with van der Waals surface area (Å²) < 4.78 is 0.924. The lowest BCUT2D eigenvalue weighted by Gasteiger charge is -2.09. The van der Waals surface area contributed by atoms with Gasteiger partial charge in [0.1, 0.15) is 0 Å². The van der Waals surface area contributed by atoms with Crippen molar-refractivity contribution in [2.45, 2.75) is 23.6 Å². The number of hydrogen-bond donors (Lipinski definition) is 2. The maximum absolute atomic E-state index is 8.69. The van der Waals surface area contributed by atoms with E-state index in [1.807, 2.05) is 18.2 Å². The fourth-order valence-electron chi connectivity index (χ4n) is 1.74. The van der Waals surface area contributed by atoms with Crippen LogP contribution in [0.4, 0.5) is 0 Å². The smallest absolute Gasteiger partial charge is 0.170 e. The lowest BCUT2D eigenvalue weighted by Crippen LogP contribution is -2.12. The van der Waals surface area contributed by atoms with Crippen molar-refractivity contribution in [3.8, 4) is 0 Å². The summed E-state index contributed by atoms with van der Waals surface area (Å²) in [5.74, 6) is 0.106. The molecule has 3 N–H and O–H groups in total. The first kappa shape index (κ1) is 14.9. The third-order valence-corrected chi connectivity index (χ3v) is 5.05. The summed E-state index contributed by atoms with van der Waals surface area (Å²) in [5, 5.41) is 11.7. The van der Waals surface area contributed by atoms with Gasteiger partial charge in [-0.15, -0.1) is 0 Å². The summed E-state index contributed by atoms with van der Waals surface area (Å²) in [6, 6.07) is 12.1. The predicted octanol–water partition coefficient (Wildman–Crippen LogP) is 4.31. The lowest BCUT2D eigenvalue weighted by molar-refractivity contribution is 0.318. The van der Waals surface area contributed by atoms with E-state index >= 15 is 0 Å². The van der Waals surface area contributed by atoms with Crippen LogP contribution in [0.15, 0.2) is 55.8 Å². The second-order valence-corrected chi connectivity index (χ2v) is 6.44. The molecule has 0 saturated heterocycles. The second kappa shape index (κ2) is 6.33. The van der Waals surface area contributed by atoms with E-state index in [2.05, 4.69) is 53.1 Å². The first-order chi connectivity index (χ1) is 9.51. The molecule has 3 nitrogen and oxygen atoms in total. The first-order valence-corrected chi connectivity index (χ1v) is 7.65. The van der Waals surface area contributed by atoms with Crippen LogP contribution in [0.3, 0.4) is 0 Å². The molecule has 0 heterocycles. The Morgan fingerprint density at radius 3 is 2.55 bits per heavy atom. The van der Waals surface area contributed by atoms with E-state index in [1.54, 1.807) is 11.8 Å². The quantitative estimate of drug-likeness (QED) is 0.375. The normalized spacial score (nSPS) is 11.7. The Hall–Kier alpha value is -1.46. The molecule has 5 heteroatoms. The monoisotopic (exact) mass is 350 g/mol. The standard InChI is InChI=1S/C15H15BrN2OS/c1-9-3-4-10(2)14(7-9)20-13-6-5-11(8-12(13)16)15(17)18-19/h3-8,19H,1-2H3,(H2,17,18). The summed E-state index contributed by atoms with van der Waals surface area (Å²) >= 11 is 5.23. The Balaban J connectivity index is 2.33. The van der Waals surface area contributed by atoms with Crippen molar-refractivity contribution in [3.63, 3.8) is 0 Å². The van der Waals surface area contributed by atoms with Gasteiger partial charge in [0, 0.05) is 19.8 Å². The van der Waals surface area contributed by atoms with E-state index in [0.29, 0.717) is 5.56 Å². The fourth-order valence-corrected chi connectivity index (χ4v) is 3.36. The van der Waals surface area contributed by atoms with Gasteiger partial charge in [-0.3, -0.25) is 0 Å². The highest BCUT2D eigenvalue weighted by Crippen LogP contribution is 2.36. The van der Waals surface area contributed by atoms with Gasteiger partial charge in [-0.1, -0.05) is 29.1 Å². The SMILES string of the molecule is Cc1ccc(C)c(Sc2ccc(/C(N)=N/O)cc2Br)c1. The van der Waals surface area contributed by atoms with Crippen molar-refractivity contribution in [2.75, 3.05) is 0 Å². The zero-order chi connectivity index (χ0) is 14.7. The van der Waals surface area contributed by atoms with Crippen molar-refractivity contribution >= 4 is 33.5 Å². The minimum absolute atomic E-state index is 0.106. The van der Waals surface area contributed by atoms with E-state index in [9.17, 15) is 0 Å². The first-order valence-electron chi connectivity index (χ1n) is 6.04. The third kappa shape index (κ3) is 3.35. The molecule has 2 aromatic rings.